The topological polar surface area (TPSA) is 112 Å². The first kappa shape index (κ1) is 22.0. The van der Waals surface area contributed by atoms with E-state index in [2.05, 4.69) is 30.8 Å². The minimum Gasteiger partial charge on any atom is -0.443 e. The molecule has 4 heterocycles. The number of hydrogen-bond acceptors (Lipinski definition) is 7. The number of nitrogens with one attached hydrogen (secondary N) is 3. The molecular weight excluding hydrogens is 470 g/mol. The lowest BCUT2D eigenvalue weighted by Gasteiger charge is -2.61. The smallest absolute Gasteiger partial charge is 0.407 e. The van der Waals surface area contributed by atoms with Crippen LogP contribution in [0.15, 0.2) is 24.5 Å². The van der Waals surface area contributed by atoms with Crippen molar-refractivity contribution in [3.8, 4) is 0 Å². The number of aromatic nitrogens is 5. The Labute approximate surface area is 205 Å². The van der Waals surface area contributed by atoms with E-state index in [-0.39, 0.29) is 5.54 Å². The molecule has 3 aromatic heterocycles. The maximum Gasteiger partial charge on any atom is 0.407 e. The Hall–Kier alpha value is -3.28. The minimum atomic E-state index is -1.31. The van der Waals surface area contributed by atoms with Gasteiger partial charge in [0.25, 0.3) is 0 Å². The summed E-state index contributed by atoms with van der Waals surface area (Å²) in [6.45, 7) is 1.44. The van der Waals surface area contributed by atoms with Crippen LogP contribution in [-0.4, -0.2) is 72.6 Å². The highest BCUT2D eigenvalue weighted by atomic mass is 19.1. The average molecular weight is 499 g/mol. The van der Waals surface area contributed by atoms with Crippen molar-refractivity contribution in [2.24, 2.45) is 5.92 Å². The van der Waals surface area contributed by atoms with E-state index in [0.717, 1.165) is 30.9 Å². The number of amides is 1. The molecule has 0 unspecified atom stereocenters. The Kier molecular flexibility index (Phi) is 4.95. The zero-order valence-corrected chi connectivity index (χ0v) is 19.7. The highest BCUT2D eigenvalue weighted by molar-refractivity contribution is 5.69. The lowest BCUT2D eigenvalue weighted by Crippen LogP contribution is -2.68. The Morgan fingerprint density at radius 2 is 2.08 bits per heavy atom. The van der Waals surface area contributed by atoms with Crippen LogP contribution < -0.4 is 10.6 Å². The van der Waals surface area contributed by atoms with Crippen molar-refractivity contribution in [2.75, 3.05) is 18.4 Å². The number of ether oxygens (including phenoxy) is 1. The SMILES string of the molecule is O=C(NC12CC(C1)C2)O[C@H]1CC[C@@H](c2cc(Nc3nccc4nc(CN5CC(F)C5)cn34)n[nH]2)[C@@H]1F. The summed E-state index contributed by atoms with van der Waals surface area (Å²) in [6, 6.07) is 3.57. The largest absolute Gasteiger partial charge is 0.443 e. The summed E-state index contributed by atoms with van der Waals surface area (Å²) in [6.07, 6.45) is 4.26. The molecule has 0 aromatic carbocycles. The molecule has 3 aromatic rings. The van der Waals surface area contributed by atoms with Crippen molar-refractivity contribution in [3.05, 3.63) is 35.9 Å². The van der Waals surface area contributed by atoms with Gasteiger partial charge in [0.15, 0.2) is 5.82 Å². The van der Waals surface area contributed by atoms with Crippen LogP contribution in [0.4, 0.5) is 25.3 Å². The normalized spacial score (nSPS) is 31.5. The van der Waals surface area contributed by atoms with Crippen LogP contribution in [0, 0.1) is 5.92 Å². The standard InChI is InChI=1S/C24H28F2N8O2/c25-14-9-33(10-14)11-15-12-34-20(28-15)3-4-27-22(34)29-19-5-17(31-32-19)16-1-2-18(21(16)26)36-23(35)30-24-6-13(7-24)8-24/h3-5,12-14,16,18,21H,1-2,6-11H2,(H,30,35)(H2,27,29,31,32)/t13?,16-,18-,21-,24?/m0/s1. The number of alkyl halides is 2. The molecule has 36 heavy (non-hydrogen) atoms. The van der Waals surface area contributed by atoms with Crippen LogP contribution in [0.2, 0.25) is 0 Å². The highest BCUT2D eigenvalue weighted by Gasteiger charge is 2.58. The Bertz CT molecular complexity index is 1290. The Morgan fingerprint density at radius 1 is 1.25 bits per heavy atom. The summed E-state index contributed by atoms with van der Waals surface area (Å²) in [4.78, 5) is 23.3. The van der Waals surface area contributed by atoms with E-state index in [9.17, 15) is 9.18 Å². The van der Waals surface area contributed by atoms with Crippen LogP contribution >= 0.6 is 0 Å². The number of halogens is 2. The van der Waals surface area contributed by atoms with Crippen molar-refractivity contribution in [1.82, 2.24) is 34.8 Å². The quantitative estimate of drug-likeness (QED) is 0.459. The molecule has 2 bridgehead atoms. The lowest BCUT2D eigenvalue weighted by molar-refractivity contribution is -0.0532. The maximum absolute atomic E-state index is 15.2. The third-order valence-corrected chi connectivity index (χ3v) is 8.13. The number of fused-ring (bicyclic) bond motifs is 1. The van der Waals surface area contributed by atoms with Crippen molar-refractivity contribution in [1.29, 1.82) is 0 Å². The first-order chi connectivity index (χ1) is 17.4. The Morgan fingerprint density at radius 3 is 2.83 bits per heavy atom. The number of hydrogen-bond donors (Lipinski definition) is 3. The van der Waals surface area contributed by atoms with Gasteiger partial charge in [-0.1, -0.05) is 0 Å². The zero-order valence-electron chi connectivity index (χ0n) is 19.7. The highest BCUT2D eigenvalue weighted by Crippen LogP contribution is 2.57. The van der Waals surface area contributed by atoms with Gasteiger partial charge in [0.2, 0.25) is 5.95 Å². The third kappa shape index (κ3) is 3.78. The van der Waals surface area contributed by atoms with Gasteiger partial charge in [-0.25, -0.2) is 23.5 Å². The van der Waals surface area contributed by atoms with Crippen molar-refractivity contribution >= 4 is 23.5 Å². The van der Waals surface area contributed by atoms with E-state index in [1.807, 2.05) is 15.5 Å². The van der Waals surface area contributed by atoms with Gasteiger partial charge >= 0.3 is 6.09 Å². The average Bonchev–Trinajstić information content (AvgIpc) is 3.49. The van der Waals surface area contributed by atoms with E-state index < -0.39 is 30.5 Å². The molecule has 0 spiro atoms. The number of carbonyl (C=O) groups excluding carboxylic acids is 1. The molecule has 3 N–H and O–H groups in total. The van der Waals surface area contributed by atoms with Gasteiger partial charge in [0, 0.05) is 55.2 Å². The van der Waals surface area contributed by atoms with Crippen LogP contribution in [0.25, 0.3) is 5.65 Å². The Balaban J connectivity index is 0.997. The monoisotopic (exact) mass is 498 g/mol. The second-order valence-corrected chi connectivity index (χ2v) is 10.8. The van der Waals surface area contributed by atoms with Gasteiger partial charge in [0.1, 0.15) is 24.1 Å². The van der Waals surface area contributed by atoms with Crippen LogP contribution in [0.3, 0.4) is 0 Å². The van der Waals surface area contributed by atoms with E-state index in [4.69, 9.17) is 4.74 Å². The number of nitrogens with zero attached hydrogens (tertiary/aromatic N) is 5. The number of imidazole rings is 1. The number of rotatable bonds is 7. The number of aromatic amines is 1. The van der Waals surface area contributed by atoms with Gasteiger partial charge in [-0.3, -0.25) is 14.4 Å². The first-order valence-electron chi connectivity index (χ1n) is 12.6. The van der Waals surface area contributed by atoms with Gasteiger partial charge in [0.05, 0.1) is 5.69 Å². The molecule has 5 fully saturated rings. The molecule has 1 amide bonds. The summed E-state index contributed by atoms with van der Waals surface area (Å²) in [5.74, 6) is 1.33. The number of likely N-dealkylation sites (tertiary alicyclic amines) is 1. The van der Waals surface area contributed by atoms with E-state index in [1.165, 1.54) is 0 Å². The van der Waals surface area contributed by atoms with Gasteiger partial charge in [-0.2, -0.15) is 5.10 Å². The van der Waals surface area contributed by atoms with Crippen molar-refractivity contribution in [3.63, 3.8) is 0 Å². The number of carbonyl (C=O) groups is 1. The van der Waals surface area contributed by atoms with Crippen LogP contribution in [-0.2, 0) is 11.3 Å². The van der Waals surface area contributed by atoms with Crippen molar-refractivity contribution < 1.29 is 18.3 Å². The molecule has 1 aliphatic heterocycles. The van der Waals surface area contributed by atoms with Gasteiger partial charge in [-0.05, 0) is 44.1 Å². The fourth-order valence-electron chi connectivity index (χ4n) is 6.10. The molecule has 8 rings (SSSR count). The number of alkyl carbamates (subject to hydrolysis) is 1. The van der Waals surface area contributed by atoms with Crippen molar-refractivity contribution in [2.45, 2.75) is 68.6 Å². The molecule has 1 saturated heterocycles. The predicted molar refractivity (Wildman–Crippen MR) is 125 cm³/mol. The molecule has 190 valence electrons. The molecule has 4 saturated carbocycles. The molecule has 3 atom stereocenters. The fourth-order valence-corrected chi connectivity index (χ4v) is 6.10. The van der Waals surface area contributed by atoms with Gasteiger partial charge in [-0.15, -0.1) is 0 Å². The lowest BCUT2D eigenvalue weighted by atomic mass is 9.50. The zero-order chi connectivity index (χ0) is 24.4. The fraction of sp³-hybridized carbons (Fsp3) is 0.583. The molecule has 12 heteroatoms. The van der Waals surface area contributed by atoms with E-state index in [1.54, 1.807) is 18.3 Å². The summed E-state index contributed by atoms with van der Waals surface area (Å²) in [5.41, 5.74) is 2.10. The maximum atomic E-state index is 15.2. The molecule has 0 radical (unpaired) electrons. The van der Waals surface area contributed by atoms with Crippen LogP contribution in [0.1, 0.15) is 49.4 Å². The second kappa shape index (κ2) is 8.12. The summed E-state index contributed by atoms with van der Waals surface area (Å²) in [5, 5.41) is 13.3. The molecule has 4 aliphatic carbocycles. The summed E-state index contributed by atoms with van der Waals surface area (Å²) < 4.78 is 35.6. The number of anilines is 2. The third-order valence-electron chi connectivity index (χ3n) is 8.13. The predicted octanol–water partition coefficient (Wildman–Crippen LogP) is 3.21. The molecule has 10 nitrogen and oxygen atoms in total. The van der Waals surface area contributed by atoms with Crippen LogP contribution in [0.5, 0.6) is 0 Å². The van der Waals surface area contributed by atoms with E-state index >= 15 is 4.39 Å². The summed E-state index contributed by atoms with van der Waals surface area (Å²) >= 11 is 0. The number of H-pyrrole nitrogens is 1. The van der Waals surface area contributed by atoms with E-state index in [0.29, 0.717) is 55.6 Å². The first-order valence-corrected chi connectivity index (χ1v) is 12.6. The van der Waals surface area contributed by atoms with Gasteiger partial charge < -0.3 is 15.4 Å². The second-order valence-electron chi connectivity index (χ2n) is 10.8. The molecular formula is C24H28F2N8O2. The summed E-state index contributed by atoms with van der Waals surface area (Å²) in [7, 11) is 0. The minimum absolute atomic E-state index is 0.0886. The molecule has 5 aliphatic rings.